The first-order valence-electron chi connectivity index (χ1n) is 21.3. The molecule has 0 aliphatic heterocycles. The number of hydrogen-bond donors (Lipinski definition) is 18. The molecular weight excluding hydrogens is 907 g/mol. The molecular formula is C38H69N15O15. The van der Waals surface area contributed by atoms with Crippen LogP contribution in [-0.2, 0) is 47.9 Å². The Kier molecular flexibility index (Phi) is 28.0. The Morgan fingerprint density at radius 1 is 0.485 bits per heavy atom. The topological polar surface area (TPSA) is 537 Å². The van der Waals surface area contributed by atoms with E-state index in [1.165, 1.54) is 20.8 Å². The molecule has 8 amide bonds. The van der Waals surface area contributed by atoms with Crippen LogP contribution in [0.4, 0.5) is 0 Å². The van der Waals surface area contributed by atoms with E-state index in [9.17, 15) is 73.5 Å². The summed E-state index contributed by atoms with van der Waals surface area (Å²) < 4.78 is 0. The molecule has 30 heteroatoms. The van der Waals surface area contributed by atoms with Gasteiger partial charge in [0.05, 0.1) is 18.8 Å². The smallest absolute Gasteiger partial charge is 0.326 e. The van der Waals surface area contributed by atoms with Gasteiger partial charge in [-0.25, -0.2) is 4.79 Å². The highest BCUT2D eigenvalue weighted by Crippen LogP contribution is 2.10. The largest absolute Gasteiger partial charge is 0.481 e. The minimum absolute atomic E-state index is 0.0193. The third-order valence-electron chi connectivity index (χ3n) is 9.68. The second-order valence-electron chi connectivity index (χ2n) is 15.9. The first kappa shape index (κ1) is 61.1. The van der Waals surface area contributed by atoms with Gasteiger partial charge < -0.3 is 97.2 Å². The van der Waals surface area contributed by atoms with E-state index in [1.54, 1.807) is 0 Å². The van der Waals surface area contributed by atoms with Crippen LogP contribution in [0.1, 0.15) is 79.1 Å². The van der Waals surface area contributed by atoms with Crippen LogP contribution >= 0.6 is 0 Å². The van der Waals surface area contributed by atoms with Gasteiger partial charge in [-0.3, -0.25) is 53.1 Å². The van der Waals surface area contributed by atoms with Crippen molar-refractivity contribution in [2.75, 3.05) is 19.7 Å². The quantitative estimate of drug-likeness (QED) is 0.0165. The van der Waals surface area contributed by atoms with Crippen molar-refractivity contribution < 1.29 is 73.5 Å². The van der Waals surface area contributed by atoms with Gasteiger partial charge in [0.2, 0.25) is 47.3 Å². The van der Waals surface area contributed by atoms with Crippen molar-refractivity contribution in [2.45, 2.75) is 140 Å². The monoisotopic (exact) mass is 976 g/mol. The molecule has 0 radical (unpaired) electrons. The molecule has 0 saturated carbocycles. The fourth-order valence-corrected chi connectivity index (χ4v) is 5.82. The highest BCUT2D eigenvalue weighted by molar-refractivity contribution is 5.98. The van der Waals surface area contributed by atoms with E-state index in [0.717, 1.165) is 6.92 Å². The summed E-state index contributed by atoms with van der Waals surface area (Å²) in [5, 5.41) is 64.8. The van der Waals surface area contributed by atoms with Crippen molar-refractivity contribution in [1.29, 1.82) is 0 Å². The summed E-state index contributed by atoms with van der Waals surface area (Å²) in [5.41, 5.74) is 32.3. The van der Waals surface area contributed by atoms with E-state index in [4.69, 9.17) is 34.4 Å². The maximum Gasteiger partial charge on any atom is 0.326 e. The number of aliphatic carboxylic acids is 2. The van der Waals surface area contributed by atoms with Gasteiger partial charge in [-0.05, 0) is 58.3 Å². The Morgan fingerprint density at radius 3 is 1.28 bits per heavy atom. The SMILES string of the molecule is CC(C)C(NC(=O)C(CCC(N)=O)NC(=O)C(CO)NC(=O)C(NC(=O)C(N)C(C)O)C(C)O)C(=O)NC(CCCN=C(N)N)C(=O)NC(CCC(=O)O)C(=O)NC(CCCN=C(N)N)C(=O)O. The van der Waals surface area contributed by atoms with Crippen molar-refractivity contribution in [3.8, 4) is 0 Å². The predicted molar refractivity (Wildman–Crippen MR) is 240 cm³/mol. The zero-order valence-electron chi connectivity index (χ0n) is 38.3. The number of aliphatic hydroxyl groups excluding tert-OH is 3. The molecule has 0 aromatic heterocycles. The van der Waals surface area contributed by atoms with Crippen LogP contribution in [0.2, 0.25) is 0 Å². The summed E-state index contributed by atoms with van der Waals surface area (Å²) in [4.78, 5) is 137. The molecule has 10 unspecified atom stereocenters. The molecule has 0 aromatic carbocycles. The molecule has 68 heavy (non-hydrogen) atoms. The van der Waals surface area contributed by atoms with Crippen molar-refractivity contribution >= 4 is 71.1 Å². The highest BCUT2D eigenvalue weighted by atomic mass is 16.4. The molecule has 0 fully saturated rings. The fraction of sp³-hybridized carbons (Fsp3) is 0.684. The average molecular weight is 976 g/mol. The summed E-state index contributed by atoms with van der Waals surface area (Å²) >= 11 is 0. The highest BCUT2D eigenvalue weighted by Gasteiger charge is 2.36. The molecule has 0 saturated heterocycles. The predicted octanol–water partition coefficient (Wildman–Crippen LogP) is -8.56. The maximum absolute atomic E-state index is 13.9. The Labute approximate surface area is 391 Å². The number of guanidine groups is 2. The van der Waals surface area contributed by atoms with Crippen LogP contribution < -0.4 is 71.6 Å². The zero-order valence-corrected chi connectivity index (χ0v) is 38.3. The molecule has 10 atom stereocenters. The number of carboxylic acids is 2. The minimum atomic E-state index is -1.84. The molecule has 386 valence electrons. The van der Waals surface area contributed by atoms with Gasteiger partial charge in [0.25, 0.3) is 0 Å². The molecule has 0 bridgehead atoms. The number of aliphatic hydroxyl groups is 3. The Bertz CT molecular complexity index is 1810. The number of hydrogen-bond acceptors (Lipinski definition) is 16. The number of nitrogens with two attached hydrogens (primary N) is 6. The molecule has 30 nitrogen and oxygen atoms in total. The zero-order chi connectivity index (χ0) is 52.4. The van der Waals surface area contributed by atoms with Crippen molar-refractivity contribution in [2.24, 2.45) is 50.3 Å². The van der Waals surface area contributed by atoms with E-state index >= 15 is 0 Å². The van der Waals surface area contributed by atoms with Crippen LogP contribution in [0.5, 0.6) is 0 Å². The lowest BCUT2D eigenvalue weighted by molar-refractivity contribution is -0.143. The molecule has 0 spiro atoms. The van der Waals surface area contributed by atoms with Crippen molar-refractivity contribution in [1.82, 2.24) is 37.2 Å². The van der Waals surface area contributed by atoms with Crippen LogP contribution in [0.3, 0.4) is 0 Å². The molecule has 0 aliphatic rings. The Balaban J connectivity index is 6.57. The number of nitrogens with one attached hydrogen (secondary N) is 7. The summed E-state index contributed by atoms with van der Waals surface area (Å²) in [6.07, 6.45) is -5.37. The Morgan fingerprint density at radius 2 is 0.868 bits per heavy atom. The third kappa shape index (κ3) is 24.0. The lowest BCUT2D eigenvalue weighted by atomic mass is 10.0. The van der Waals surface area contributed by atoms with Crippen LogP contribution in [0.25, 0.3) is 0 Å². The molecule has 24 N–H and O–H groups in total. The summed E-state index contributed by atoms with van der Waals surface area (Å²) in [6.45, 7) is 4.14. The van der Waals surface area contributed by atoms with Crippen LogP contribution in [0.15, 0.2) is 9.98 Å². The van der Waals surface area contributed by atoms with Crippen molar-refractivity contribution in [3.05, 3.63) is 0 Å². The van der Waals surface area contributed by atoms with E-state index in [-0.39, 0.29) is 50.7 Å². The minimum Gasteiger partial charge on any atom is -0.481 e. The molecule has 0 rings (SSSR count). The molecule has 0 aliphatic carbocycles. The number of carbonyl (C=O) groups is 10. The second kappa shape index (κ2) is 31.1. The Hall–Kier alpha value is -6.92. The number of primary amides is 1. The van der Waals surface area contributed by atoms with Gasteiger partial charge in [0.1, 0.15) is 48.3 Å². The normalized spacial score (nSPS) is 15.4. The number of amides is 8. The number of aliphatic imine (C=N–C) groups is 2. The number of carbonyl (C=O) groups excluding carboxylic acids is 8. The van der Waals surface area contributed by atoms with E-state index in [1.807, 2.05) is 0 Å². The summed E-state index contributed by atoms with van der Waals surface area (Å²) in [5.74, 6) is -12.7. The first-order chi connectivity index (χ1) is 31.6. The van der Waals surface area contributed by atoms with E-state index in [0.29, 0.717) is 0 Å². The molecule has 0 aromatic rings. The maximum atomic E-state index is 13.9. The van der Waals surface area contributed by atoms with Crippen molar-refractivity contribution in [3.63, 3.8) is 0 Å². The third-order valence-corrected chi connectivity index (χ3v) is 9.68. The first-order valence-corrected chi connectivity index (χ1v) is 21.3. The number of nitrogens with zero attached hydrogens (tertiary/aromatic N) is 2. The van der Waals surface area contributed by atoms with Crippen LogP contribution in [-0.4, -0.2) is 177 Å². The summed E-state index contributed by atoms with van der Waals surface area (Å²) in [7, 11) is 0. The fourth-order valence-electron chi connectivity index (χ4n) is 5.82. The van der Waals surface area contributed by atoms with Gasteiger partial charge >= 0.3 is 11.9 Å². The van der Waals surface area contributed by atoms with E-state index in [2.05, 4.69) is 47.2 Å². The summed E-state index contributed by atoms with van der Waals surface area (Å²) in [6, 6.07) is -13.0. The lowest BCUT2D eigenvalue weighted by Crippen LogP contribution is -2.62. The average Bonchev–Trinajstić information content (AvgIpc) is 3.24. The van der Waals surface area contributed by atoms with Gasteiger partial charge in [-0.1, -0.05) is 13.8 Å². The number of carboxylic acid groups (broad SMARTS) is 2. The second-order valence-corrected chi connectivity index (χ2v) is 15.9. The standard InChI is InChI=1S/C38H69N15O15/c1-16(2)27(52-31(62)20(9-11-24(39)57)48-32(63)23(15-54)51-35(66)28(18(4)56)53-33(64)26(40)17(3)55)34(65)49-19(7-5-13-45-37(41)42)29(60)47-21(10-12-25(58)59)30(61)50-22(36(67)68)8-6-14-46-38(43)44/h16-23,26-28,54-56H,5-15,40H2,1-4H3,(H2,39,57)(H,47,60)(H,48,63)(H,49,65)(H,50,61)(H,51,66)(H,52,62)(H,53,64)(H,58,59)(H,67,68)(H4,41,42,45)(H4,43,44,46). The van der Waals surface area contributed by atoms with Gasteiger partial charge in [-0.2, -0.15) is 0 Å². The van der Waals surface area contributed by atoms with E-state index < -0.39 is 158 Å². The van der Waals surface area contributed by atoms with Gasteiger partial charge in [0.15, 0.2) is 11.9 Å². The van der Waals surface area contributed by atoms with Gasteiger partial charge in [-0.15, -0.1) is 0 Å². The lowest BCUT2D eigenvalue weighted by Gasteiger charge is -2.29. The molecule has 0 heterocycles. The van der Waals surface area contributed by atoms with Gasteiger partial charge in [0, 0.05) is 25.9 Å². The number of rotatable bonds is 33. The van der Waals surface area contributed by atoms with Crippen LogP contribution in [0, 0.1) is 5.92 Å².